The SMILES string of the molecule is CCOC(=O)C1=C(CS(=O)(=O)c2ccc(C)cc2)NC(=O)NC1c1ccc(C)cc1. The number of carbonyl (C=O) groups is 2. The molecule has 0 saturated heterocycles. The molecule has 1 heterocycles. The number of esters is 1. The Labute approximate surface area is 176 Å². The van der Waals surface area contributed by atoms with Crippen molar-refractivity contribution in [2.24, 2.45) is 0 Å². The number of hydrogen-bond acceptors (Lipinski definition) is 5. The Balaban J connectivity index is 2.08. The van der Waals surface area contributed by atoms with Crippen LogP contribution in [-0.2, 0) is 19.4 Å². The second-order valence-corrected chi connectivity index (χ2v) is 9.12. The number of sulfone groups is 1. The molecule has 1 aliphatic rings. The Kier molecular flexibility index (Phi) is 6.26. The standard InChI is InChI=1S/C22H24N2O5S/c1-4-29-21(25)19-18(13-30(27,28)17-11-7-15(3)8-12-17)23-22(26)24-20(19)16-9-5-14(2)6-10-16/h5-12,20H,4,13H2,1-3H3,(H2,23,24,26). The van der Waals surface area contributed by atoms with E-state index < -0.39 is 33.6 Å². The Bertz CT molecular complexity index is 1090. The quantitative estimate of drug-likeness (QED) is 0.689. The average Bonchev–Trinajstić information content (AvgIpc) is 2.68. The fourth-order valence-electron chi connectivity index (χ4n) is 3.21. The van der Waals surface area contributed by atoms with Crippen LogP contribution in [-0.4, -0.2) is 32.8 Å². The van der Waals surface area contributed by atoms with Gasteiger partial charge in [0.2, 0.25) is 0 Å². The number of urea groups is 1. The van der Waals surface area contributed by atoms with E-state index in [-0.39, 0.29) is 22.8 Å². The fraction of sp³-hybridized carbons (Fsp3) is 0.273. The topological polar surface area (TPSA) is 102 Å². The maximum atomic E-state index is 13.0. The molecule has 3 rings (SSSR count). The van der Waals surface area contributed by atoms with Gasteiger partial charge < -0.3 is 15.4 Å². The molecule has 0 saturated carbocycles. The molecule has 1 atom stereocenters. The van der Waals surface area contributed by atoms with Gasteiger partial charge in [-0.1, -0.05) is 47.5 Å². The number of ether oxygens (including phenoxy) is 1. The van der Waals surface area contributed by atoms with Gasteiger partial charge in [0.05, 0.1) is 28.9 Å². The lowest BCUT2D eigenvalue weighted by molar-refractivity contribution is -0.139. The Morgan fingerprint density at radius 2 is 1.57 bits per heavy atom. The summed E-state index contributed by atoms with van der Waals surface area (Å²) in [6.07, 6.45) is 0. The average molecular weight is 429 g/mol. The third-order valence-corrected chi connectivity index (χ3v) is 6.43. The van der Waals surface area contributed by atoms with E-state index in [1.165, 1.54) is 12.1 Å². The molecule has 2 N–H and O–H groups in total. The third-order valence-electron chi connectivity index (χ3n) is 4.77. The zero-order valence-corrected chi connectivity index (χ0v) is 17.9. The Hall–Kier alpha value is -3.13. The molecule has 1 aliphatic heterocycles. The van der Waals surface area contributed by atoms with Crippen molar-refractivity contribution in [3.05, 3.63) is 76.5 Å². The number of benzene rings is 2. The summed E-state index contributed by atoms with van der Waals surface area (Å²) in [5, 5.41) is 5.20. The second-order valence-electron chi connectivity index (χ2n) is 7.13. The van der Waals surface area contributed by atoms with Gasteiger partial charge in [0.25, 0.3) is 0 Å². The van der Waals surface area contributed by atoms with E-state index in [2.05, 4.69) is 10.6 Å². The van der Waals surface area contributed by atoms with Crippen LogP contribution in [0.2, 0.25) is 0 Å². The molecule has 2 aromatic rings. The van der Waals surface area contributed by atoms with Crippen LogP contribution in [0, 0.1) is 13.8 Å². The molecule has 0 radical (unpaired) electrons. The Morgan fingerprint density at radius 3 is 2.13 bits per heavy atom. The lowest BCUT2D eigenvalue weighted by atomic mass is 9.95. The molecule has 30 heavy (non-hydrogen) atoms. The highest BCUT2D eigenvalue weighted by atomic mass is 32.2. The lowest BCUT2D eigenvalue weighted by Crippen LogP contribution is -2.47. The first kappa shape index (κ1) is 21.6. The first-order valence-electron chi connectivity index (χ1n) is 9.55. The van der Waals surface area contributed by atoms with Crippen molar-refractivity contribution in [3.63, 3.8) is 0 Å². The Morgan fingerprint density at radius 1 is 1.00 bits per heavy atom. The third kappa shape index (κ3) is 4.71. The first-order chi connectivity index (χ1) is 14.2. The number of aryl methyl sites for hydroxylation is 2. The molecule has 2 amide bonds. The predicted molar refractivity (Wildman–Crippen MR) is 112 cm³/mol. The van der Waals surface area contributed by atoms with E-state index in [0.29, 0.717) is 5.56 Å². The molecule has 0 spiro atoms. The highest BCUT2D eigenvalue weighted by Crippen LogP contribution is 2.29. The van der Waals surface area contributed by atoms with E-state index >= 15 is 0 Å². The molecule has 0 aromatic heterocycles. The molecule has 1 unspecified atom stereocenters. The summed E-state index contributed by atoms with van der Waals surface area (Å²) in [4.78, 5) is 25.2. The van der Waals surface area contributed by atoms with Crippen LogP contribution in [0.1, 0.15) is 29.7 Å². The van der Waals surface area contributed by atoms with Crippen LogP contribution in [0.3, 0.4) is 0 Å². The summed E-state index contributed by atoms with van der Waals surface area (Å²) >= 11 is 0. The normalized spacial score (nSPS) is 16.6. The number of nitrogens with one attached hydrogen (secondary N) is 2. The van der Waals surface area contributed by atoms with Crippen molar-refractivity contribution >= 4 is 21.8 Å². The van der Waals surface area contributed by atoms with Gasteiger partial charge in [-0.3, -0.25) is 0 Å². The summed E-state index contributed by atoms with van der Waals surface area (Å²) < 4.78 is 31.1. The summed E-state index contributed by atoms with van der Waals surface area (Å²) in [5.41, 5.74) is 2.70. The van der Waals surface area contributed by atoms with Gasteiger partial charge >= 0.3 is 12.0 Å². The van der Waals surface area contributed by atoms with Gasteiger partial charge in [-0.15, -0.1) is 0 Å². The van der Waals surface area contributed by atoms with Crippen molar-refractivity contribution in [1.82, 2.24) is 10.6 Å². The maximum Gasteiger partial charge on any atom is 0.338 e. The van der Waals surface area contributed by atoms with E-state index in [1.807, 2.05) is 26.0 Å². The van der Waals surface area contributed by atoms with E-state index in [9.17, 15) is 18.0 Å². The van der Waals surface area contributed by atoms with E-state index in [0.717, 1.165) is 11.1 Å². The van der Waals surface area contributed by atoms with Crippen molar-refractivity contribution in [2.75, 3.05) is 12.4 Å². The molecule has 158 valence electrons. The van der Waals surface area contributed by atoms with Crippen molar-refractivity contribution < 1.29 is 22.7 Å². The minimum Gasteiger partial charge on any atom is -0.463 e. The van der Waals surface area contributed by atoms with Crippen LogP contribution < -0.4 is 10.6 Å². The van der Waals surface area contributed by atoms with Gasteiger partial charge in [0, 0.05) is 5.70 Å². The minimum absolute atomic E-state index is 0.0170. The number of carbonyl (C=O) groups excluding carboxylic acids is 2. The molecule has 8 heteroatoms. The number of rotatable bonds is 6. The van der Waals surface area contributed by atoms with Gasteiger partial charge in [0.1, 0.15) is 0 Å². The molecule has 0 fully saturated rings. The van der Waals surface area contributed by atoms with Gasteiger partial charge in [0.15, 0.2) is 9.84 Å². The summed E-state index contributed by atoms with van der Waals surface area (Å²) in [6.45, 7) is 5.56. The van der Waals surface area contributed by atoms with Gasteiger partial charge in [-0.2, -0.15) is 0 Å². The molecule has 0 aliphatic carbocycles. The number of amides is 2. The van der Waals surface area contributed by atoms with Crippen LogP contribution in [0.15, 0.2) is 64.7 Å². The number of hydrogen-bond donors (Lipinski definition) is 2. The minimum atomic E-state index is -3.80. The van der Waals surface area contributed by atoms with Crippen molar-refractivity contribution in [1.29, 1.82) is 0 Å². The monoisotopic (exact) mass is 428 g/mol. The second kappa shape index (κ2) is 8.71. The van der Waals surface area contributed by atoms with Crippen LogP contribution >= 0.6 is 0 Å². The zero-order valence-electron chi connectivity index (χ0n) is 17.1. The van der Waals surface area contributed by atoms with Crippen LogP contribution in [0.4, 0.5) is 4.79 Å². The van der Waals surface area contributed by atoms with Gasteiger partial charge in [-0.25, -0.2) is 18.0 Å². The zero-order chi connectivity index (χ0) is 21.9. The van der Waals surface area contributed by atoms with Gasteiger partial charge in [-0.05, 0) is 38.5 Å². The summed E-state index contributed by atoms with van der Waals surface area (Å²) in [7, 11) is -3.80. The fourth-order valence-corrected chi connectivity index (χ4v) is 4.53. The molecular weight excluding hydrogens is 404 g/mol. The first-order valence-corrected chi connectivity index (χ1v) is 11.2. The molecular formula is C22H24N2O5S. The largest absolute Gasteiger partial charge is 0.463 e. The highest BCUT2D eigenvalue weighted by Gasteiger charge is 2.35. The summed E-state index contributed by atoms with van der Waals surface area (Å²) in [5.74, 6) is -1.20. The van der Waals surface area contributed by atoms with Crippen molar-refractivity contribution in [2.45, 2.75) is 31.7 Å². The molecule has 7 nitrogen and oxygen atoms in total. The van der Waals surface area contributed by atoms with Crippen molar-refractivity contribution in [3.8, 4) is 0 Å². The van der Waals surface area contributed by atoms with E-state index in [1.54, 1.807) is 31.2 Å². The van der Waals surface area contributed by atoms with Crippen LogP contribution in [0.25, 0.3) is 0 Å². The predicted octanol–water partition coefficient (Wildman–Crippen LogP) is 2.95. The maximum absolute atomic E-state index is 13.0. The van der Waals surface area contributed by atoms with Crippen LogP contribution in [0.5, 0.6) is 0 Å². The molecule has 0 bridgehead atoms. The lowest BCUT2D eigenvalue weighted by Gasteiger charge is -2.29. The van der Waals surface area contributed by atoms with E-state index in [4.69, 9.17) is 4.74 Å². The smallest absolute Gasteiger partial charge is 0.338 e. The highest BCUT2D eigenvalue weighted by molar-refractivity contribution is 7.91. The molecule has 2 aromatic carbocycles. The summed E-state index contributed by atoms with van der Waals surface area (Å²) in [6, 6.07) is 12.3.